The van der Waals surface area contributed by atoms with Crippen LogP contribution in [0, 0.1) is 0 Å². The molecule has 0 radical (unpaired) electrons. The number of urea groups is 1. The van der Waals surface area contributed by atoms with Crippen LogP contribution in [0.2, 0.25) is 0 Å². The highest BCUT2D eigenvalue weighted by atomic mass is 32.1. The van der Waals surface area contributed by atoms with Crippen molar-refractivity contribution in [2.24, 2.45) is 0 Å². The Bertz CT molecular complexity index is 2090. The Morgan fingerprint density at radius 2 is 1.63 bits per heavy atom. The van der Waals surface area contributed by atoms with Crippen LogP contribution >= 0.6 is 11.3 Å². The molecular weight excluding hydrogens is 669 g/mol. The maximum atomic E-state index is 13.6. The molecule has 6 rings (SSSR count). The van der Waals surface area contributed by atoms with Crippen molar-refractivity contribution >= 4 is 62.2 Å². The zero-order valence-electron chi connectivity index (χ0n) is 29.2. The highest BCUT2D eigenvalue weighted by molar-refractivity contribution is 7.14. The highest BCUT2D eigenvalue weighted by Crippen LogP contribution is 2.41. The second kappa shape index (κ2) is 15.1. The fourth-order valence-electron chi connectivity index (χ4n) is 5.76. The summed E-state index contributed by atoms with van der Waals surface area (Å²) in [6.45, 7) is 9.66. The summed E-state index contributed by atoms with van der Waals surface area (Å²) >= 11 is 1.25. The molecule has 3 amide bonds. The van der Waals surface area contributed by atoms with Crippen molar-refractivity contribution in [1.82, 2.24) is 14.9 Å². The number of benzene rings is 3. The molecule has 0 bridgehead atoms. The van der Waals surface area contributed by atoms with Crippen LogP contribution in [0.4, 0.5) is 27.0 Å². The van der Waals surface area contributed by atoms with E-state index in [9.17, 15) is 14.4 Å². The second-order valence-electron chi connectivity index (χ2n) is 13.0. The van der Waals surface area contributed by atoms with Gasteiger partial charge in [0.1, 0.15) is 17.2 Å². The second-order valence-corrected chi connectivity index (χ2v) is 13.8. The number of fused-ring (bicyclic) bond motifs is 1. The van der Waals surface area contributed by atoms with Crippen LogP contribution in [0.5, 0.6) is 17.2 Å². The molecule has 1 saturated heterocycles. The number of thiazole rings is 1. The third-order valence-corrected chi connectivity index (χ3v) is 9.10. The maximum absolute atomic E-state index is 13.6. The Hall–Kier alpha value is -5.69. The van der Waals surface area contributed by atoms with Crippen molar-refractivity contribution in [1.29, 1.82) is 0 Å². The van der Waals surface area contributed by atoms with E-state index in [1.165, 1.54) is 18.4 Å². The van der Waals surface area contributed by atoms with Gasteiger partial charge in [0.2, 0.25) is 0 Å². The van der Waals surface area contributed by atoms with Crippen LogP contribution in [-0.2, 0) is 10.2 Å². The molecule has 3 heterocycles. The van der Waals surface area contributed by atoms with E-state index >= 15 is 0 Å². The smallest absolute Gasteiger partial charge is 0.357 e. The van der Waals surface area contributed by atoms with Gasteiger partial charge in [-0.2, -0.15) is 0 Å². The van der Waals surface area contributed by atoms with Gasteiger partial charge in [0, 0.05) is 41.5 Å². The molecule has 2 aromatic heterocycles. The molecule has 0 saturated carbocycles. The lowest BCUT2D eigenvalue weighted by atomic mass is 9.86. The molecule has 1 aliphatic heterocycles. The number of nitrogens with zero attached hydrogens (tertiary/aromatic N) is 3. The Morgan fingerprint density at radius 3 is 2.35 bits per heavy atom. The monoisotopic (exact) mass is 708 g/mol. The van der Waals surface area contributed by atoms with E-state index in [0.29, 0.717) is 45.1 Å². The summed E-state index contributed by atoms with van der Waals surface area (Å²) in [5.41, 5.74) is 2.76. The van der Waals surface area contributed by atoms with Crippen molar-refractivity contribution < 1.29 is 28.6 Å². The Labute approximate surface area is 300 Å². The van der Waals surface area contributed by atoms with Gasteiger partial charge in [0.05, 0.1) is 30.8 Å². The number of ether oxygens (including phenoxy) is 3. The van der Waals surface area contributed by atoms with Crippen LogP contribution in [0.15, 0.2) is 72.2 Å². The van der Waals surface area contributed by atoms with E-state index in [4.69, 9.17) is 14.2 Å². The van der Waals surface area contributed by atoms with Gasteiger partial charge in [0.25, 0.3) is 5.91 Å². The highest BCUT2D eigenvalue weighted by Gasteiger charge is 2.23. The third kappa shape index (κ3) is 8.04. The van der Waals surface area contributed by atoms with Crippen molar-refractivity contribution in [3.63, 3.8) is 0 Å². The standard InChI is InChI=1S/C38H40N6O6S/c1-6-49-35(46)31-22-51-37(43-31)42-29-20-23(38(2,3)4)19-28(33(29)48-5)41-36(47)40-27-13-14-32(26-12-8-7-11-25(26)27)50-24-15-16-39-30(21-24)34(45)44-17-9-10-18-44/h7-8,11-16,19-22H,6,9-10,17-18H2,1-5H3,(H,42,43)(H2,40,41,47). The molecule has 13 heteroatoms. The van der Waals surface area contributed by atoms with Gasteiger partial charge in [-0.25, -0.2) is 14.6 Å². The van der Waals surface area contributed by atoms with Crippen molar-refractivity contribution in [3.05, 3.63) is 89.2 Å². The molecule has 0 unspecified atom stereocenters. The van der Waals surface area contributed by atoms with E-state index in [1.807, 2.05) is 41.3 Å². The van der Waals surface area contributed by atoms with Gasteiger partial charge in [-0.15, -0.1) is 11.3 Å². The summed E-state index contributed by atoms with van der Waals surface area (Å²) < 4.78 is 17.1. The van der Waals surface area contributed by atoms with Crippen molar-refractivity contribution in [3.8, 4) is 17.2 Å². The van der Waals surface area contributed by atoms with E-state index in [1.54, 1.807) is 42.8 Å². The number of likely N-dealkylation sites (tertiary alicyclic amines) is 1. The van der Waals surface area contributed by atoms with E-state index in [-0.39, 0.29) is 23.6 Å². The summed E-state index contributed by atoms with van der Waals surface area (Å²) in [5, 5.41) is 12.8. The average Bonchev–Trinajstić information content (AvgIpc) is 3.82. The first-order valence-electron chi connectivity index (χ1n) is 16.7. The fraction of sp³-hybridized carbons (Fsp3) is 0.289. The first kappa shape index (κ1) is 35.1. The Morgan fingerprint density at radius 1 is 0.902 bits per heavy atom. The number of nitrogens with one attached hydrogen (secondary N) is 3. The number of amides is 3. The summed E-state index contributed by atoms with van der Waals surface area (Å²) in [5.74, 6) is 0.832. The lowest BCUT2D eigenvalue weighted by molar-refractivity contribution is 0.0520. The molecule has 12 nitrogen and oxygen atoms in total. The molecular formula is C38H40N6O6S. The predicted molar refractivity (Wildman–Crippen MR) is 199 cm³/mol. The number of hydrogen-bond acceptors (Lipinski definition) is 10. The van der Waals surface area contributed by atoms with Crippen molar-refractivity contribution in [2.75, 3.05) is 42.8 Å². The number of carbonyl (C=O) groups excluding carboxylic acids is 3. The van der Waals surface area contributed by atoms with Gasteiger partial charge in [-0.1, -0.05) is 45.0 Å². The minimum absolute atomic E-state index is 0.104. The minimum Gasteiger partial charge on any atom is -0.492 e. The first-order valence-corrected chi connectivity index (χ1v) is 17.6. The van der Waals surface area contributed by atoms with Gasteiger partial charge < -0.3 is 35.1 Å². The number of methoxy groups -OCH3 is 1. The number of esters is 1. The number of aromatic nitrogens is 2. The summed E-state index contributed by atoms with van der Waals surface area (Å²) in [4.78, 5) is 49.2. The largest absolute Gasteiger partial charge is 0.492 e. The number of rotatable bonds is 10. The summed E-state index contributed by atoms with van der Waals surface area (Å²) in [6.07, 6.45) is 3.56. The molecule has 5 aromatic rings. The molecule has 51 heavy (non-hydrogen) atoms. The SMILES string of the molecule is CCOC(=O)c1csc(Nc2cc(C(C)(C)C)cc(NC(=O)Nc3ccc(Oc4ccnc(C(=O)N5CCCC5)c4)c4ccccc34)c2OC)n1. The normalized spacial score (nSPS) is 12.8. The minimum atomic E-state index is -0.501. The maximum Gasteiger partial charge on any atom is 0.357 e. The number of anilines is 4. The van der Waals surface area contributed by atoms with Crippen LogP contribution < -0.4 is 25.4 Å². The number of pyridine rings is 1. The van der Waals surface area contributed by atoms with E-state index < -0.39 is 12.0 Å². The molecule has 0 aliphatic carbocycles. The average molecular weight is 709 g/mol. The van der Waals surface area contributed by atoms with Gasteiger partial charge in [-0.05, 0) is 61.1 Å². The van der Waals surface area contributed by atoms with Gasteiger partial charge in [0.15, 0.2) is 16.6 Å². The third-order valence-electron chi connectivity index (χ3n) is 8.34. The van der Waals surface area contributed by atoms with Crippen LogP contribution in [0.25, 0.3) is 10.8 Å². The zero-order chi connectivity index (χ0) is 36.1. The fourth-order valence-corrected chi connectivity index (χ4v) is 6.45. The van der Waals surface area contributed by atoms with Crippen molar-refractivity contribution in [2.45, 2.75) is 46.0 Å². The van der Waals surface area contributed by atoms with Crippen LogP contribution in [-0.4, -0.2) is 59.6 Å². The quantitative estimate of drug-likeness (QED) is 0.122. The van der Waals surface area contributed by atoms with Gasteiger partial charge in [-0.3, -0.25) is 9.78 Å². The summed E-state index contributed by atoms with van der Waals surface area (Å²) in [6, 6.07) is 17.8. The molecule has 3 aromatic carbocycles. The molecule has 1 aliphatic rings. The zero-order valence-corrected chi connectivity index (χ0v) is 30.0. The predicted octanol–water partition coefficient (Wildman–Crippen LogP) is 8.59. The topological polar surface area (TPSA) is 144 Å². The molecule has 264 valence electrons. The molecule has 3 N–H and O–H groups in total. The molecule has 1 fully saturated rings. The first-order chi connectivity index (χ1) is 24.5. The lowest BCUT2D eigenvalue weighted by Crippen LogP contribution is -2.28. The number of carbonyl (C=O) groups is 3. The van der Waals surface area contributed by atoms with Crippen LogP contribution in [0.3, 0.4) is 0 Å². The molecule has 0 atom stereocenters. The number of hydrogen-bond donors (Lipinski definition) is 3. The van der Waals surface area contributed by atoms with Crippen LogP contribution in [0.1, 0.15) is 67.1 Å². The Kier molecular flexibility index (Phi) is 10.4. The lowest BCUT2D eigenvalue weighted by Gasteiger charge is -2.24. The van der Waals surface area contributed by atoms with E-state index in [0.717, 1.165) is 42.3 Å². The van der Waals surface area contributed by atoms with E-state index in [2.05, 4.69) is 46.7 Å². The molecule has 0 spiro atoms. The van der Waals surface area contributed by atoms with Gasteiger partial charge >= 0.3 is 12.0 Å². The summed E-state index contributed by atoms with van der Waals surface area (Å²) in [7, 11) is 1.52. The Balaban J connectivity index is 1.24.